The lowest BCUT2D eigenvalue weighted by Gasteiger charge is -2.21. The van der Waals surface area contributed by atoms with Crippen molar-refractivity contribution in [1.29, 1.82) is 0 Å². The summed E-state index contributed by atoms with van der Waals surface area (Å²) in [4.78, 5) is 0. The molecular formula is C8H14O5. The molecule has 0 radical (unpaired) electrons. The minimum absolute atomic E-state index is 0.169. The van der Waals surface area contributed by atoms with E-state index in [9.17, 15) is 5.11 Å². The van der Waals surface area contributed by atoms with Crippen molar-refractivity contribution in [3.05, 3.63) is 0 Å². The highest BCUT2D eigenvalue weighted by Crippen LogP contribution is 2.37. The smallest absolute Gasteiger partial charge is 0.184 e. The molecule has 2 aliphatic heterocycles. The van der Waals surface area contributed by atoms with Gasteiger partial charge in [-0.3, -0.25) is 0 Å². The third-order valence-electron chi connectivity index (χ3n) is 2.31. The number of fused-ring (bicyclic) bond motifs is 1. The predicted octanol–water partition coefficient (Wildman–Crippen LogP) is -0.784. The van der Waals surface area contributed by atoms with E-state index in [0.29, 0.717) is 0 Å². The maximum atomic E-state index is 9.39. The molecule has 2 fully saturated rings. The summed E-state index contributed by atoms with van der Waals surface area (Å²) in [6.45, 7) is 3.37. The average Bonchev–Trinajstić information content (AvgIpc) is 2.47. The van der Waals surface area contributed by atoms with Crippen molar-refractivity contribution in [2.45, 2.75) is 44.2 Å². The lowest BCUT2D eigenvalue weighted by molar-refractivity contribution is -0.223. The highest BCUT2D eigenvalue weighted by Gasteiger charge is 2.54. The van der Waals surface area contributed by atoms with Gasteiger partial charge in [-0.15, -0.1) is 0 Å². The fourth-order valence-electron chi connectivity index (χ4n) is 1.81. The molecule has 2 heterocycles. The second-order valence-corrected chi connectivity index (χ2v) is 3.81. The molecule has 4 atom stereocenters. The topological polar surface area (TPSA) is 68.2 Å². The quantitative estimate of drug-likeness (QED) is 0.567. The van der Waals surface area contributed by atoms with E-state index in [1.54, 1.807) is 13.8 Å². The molecule has 0 aromatic rings. The Kier molecular flexibility index (Phi) is 2.08. The fraction of sp³-hybridized carbons (Fsp3) is 1.00. The lowest BCUT2D eigenvalue weighted by atomic mass is 10.1. The standard InChI is InChI=1S/C8H14O5/c1-8(2)12-5-4(3-9)11-7(10)6(5)13-8/h4-7,9-10H,3H2,1-2H3/t4-,5+,6+,7+/m1/s1. The maximum Gasteiger partial charge on any atom is 0.184 e. The zero-order chi connectivity index (χ0) is 9.64. The van der Waals surface area contributed by atoms with Crippen molar-refractivity contribution in [2.24, 2.45) is 0 Å². The Balaban J connectivity index is 2.12. The van der Waals surface area contributed by atoms with Crippen molar-refractivity contribution in [3.63, 3.8) is 0 Å². The van der Waals surface area contributed by atoms with Crippen molar-refractivity contribution >= 4 is 0 Å². The summed E-state index contributed by atoms with van der Waals surface area (Å²) in [6, 6.07) is 0. The van der Waals surface area contributed by atoms with Crippen LogP contribution in [0.5, 0.6) is 0 Å². The Hall–Kier alpha value is -0.200. The monoisotopic (exact) mass is 190 g/mol. The zero-order valence-corrected chi connectivity index (χ0v) is 7.64. The first-order valence-corrected chi connectivity index (χ1v) is 4.33. The molecule has 0 aromatic carbocycles. The van der Waals surface area contributed by atoms with Crippen LogP contribution < -0.4 is 0 Å². The van der Waals surface area contributed by atoms with E-state index < -0.39 is 24.3 Å². The van der Waals surface area contributed by atoms with Crippen LogP contribution in [0.3, 0.4) is 0 Å². The number of hydrogen-bond acceptors (Lipinski definition) is 5. The molecule has 5 heteroatoms. The summed E-state index contributed by atoms with van der Waals surface area (Å²) in [5.41, 5.74) is 0. The van der Waals surface area contributed by atoms with Gasteiger partial charge in [-0.2, -0.15) is 0 Å². The molecule has 76 valence electrons. The van der Waals surface area contributed by atoms with Crippen LogP contribution in [0.1, 0.15) is 13.8 Å². The third kappa shape index (κ3) is 1.47. The summed E-state index contributed by atoms with van der Waals surface area (Å²) < 4.78 is 15.9. The van der Waals surface area contributed by atoms with E-state index >= 15 is 0 Å². The molecule has 0 spiro atoms. The van der Waals surface area contributed by atoms with E-state index in [2.05, 4.69) is 0 Å². The van der Waals surface area contributed by atoms with Gasteiger partial charge in [0.2, 0.25) is 0 Å². The molecule has 13 heavy (non-hydrogen) atoms. The van der Waals surface area contributed by atoms with Gasteiger partial charge in [0, 0.05) is 0 Å². The van der Waals surface area contributed by atoms with Gasteiger partial charge in [0.05, 0.1) is 6.61 Å². The van der Waals surface area contributed by atoms with E-state index in [1.165, 1.54) is 0 Å². The van der Waals surface area contributed by atoms with Crippen LogP contribution in [0, 0.1) is 0 Å². The molecule has 0 unspecified atom stereocenters. The third-order valence-corrected chi connectivity index (χ3v) is 2.31. The largest absolute Gasteiger partial charge is 0.394 e. The molecule has 0 aromatic heterocycles. The number of ether oxygens (including phenoxy) is 3. The maximum absolute atomic E-state index is 9.39. The molecule has 0 amide bonds. The SMILES string of the molecule is CC1(C)O[C@@H]2[C@H](O1)[C@@H](O)O[C@@H]2CO. The normalized spacial score (nSPS) is 48.0. The van der Waals surface area contributed by atoms with Gasteiger partial charge in [-0.05, 0) is 13.8 Å². The Bertz CT molecular complexity index is 205. The van der Waals surface area contributed by atoms with Gasteiger partial charge < -0.3 is 24.4 Å². The van der Waals surface area contributed by atoms with Crippen LogP contribution in [0.25, 0.3) is 0 Å². The van der Waals surface area contributed by atoms with Gasteiger partial charge in [-0.25, -0.2) is 0 Å². The van der Waals surface area contributed by atoms with Gasteiger partial charge in [-0.1, -0.05) is 0 Å². The summed E-state index contributed by atoms with van der Waals surface area (Å²) in [5, 5.41) is 18.3. The van der Waals surface area contributed by atoms with Crippen LogP contribution in [-0.4, -0.2) is 47.2 Å². The second kappa shape index (κ2) is 2.90. The Morgan fingerprint density at radius 2 is 1.85 bits per heavy atom. The molecule has 2 saturated heterocycles. The summed E-state index contributed by atoms with van der Waals surface area (Å²) in [5.74, 6) is -0.701. The van der Waals surface area contributed by atoms with Gasteiger partial charge in [0.1, 0.15) is 18.3 Å². The molecule has 5 nitrogen and oxygen atoms in total. The Morgan fingerprint density at radius 3 is 2.46 bits per heavy atom. The molecule has 2 aliphatic rings. The van der Waals surface area contributed by atoms with Crippen molar-refractivity contribution in [3.8, 4) is 0 Å². The van der Waals surface area contributed by atoms with E-state index in [0.717, 1.165) is 0 Å². The molecular weight excluding hydrogens is 176 g/mol. The number of hydrogen-bond donors (Lipinski definition) is 2. The first-order valence-electron chi connectivity index (χ1n) is 4.33. The highest BCUT2D eigenvalue weighted by atomic mass is 16.8. The Labute approximate surface area is 76.2 Å². The minimum Gasteiger partial charge on any atom is -0.394 e. The van der Waals surface area contributed by atoms with Gasteiger partial charge in [0.25, 0.3) is 0 Å². The molecule has 0 bridgehead atoms. The molecule has 0 saturated carbocycles. The number of aliphatic hydroxyl groups is 2. The highest BCUT2D eigenvalue weighted by molar-refractivity contribution is 4.94. The predicted molar refractivity (Wildman–Crippen MR) is 41.8 cm³/mol. The lowest BCUT2D eigenvalue weighted by Crippen LogP contribution is -2.31. The van der Waals surface area contributed by atoms with Crippen LogP contribution in [0.4, 0.5) is 0 Å². The minimum atomic E-state index is -0.996. The fourth-order valence-corrected chi connectivity index (χ4v) is 1.81. The number of aliphatic hydroxyl groups excluding tert-OH is 2. The van der Waals surface area contributed by atoms with Crippen molar-refractivity contribution in [2.75, 3.05) is 6.61 Å². The van der Waals surface area contributed by atoms with E-state index in [1.807, 2.05) is 0 Å². The summed E-state index contributed by atoms with van der Waals surface area (Å²) in [7, 11) is 0. The first-order chi connectivity index (χ1) is 6.03. The van der Waals surface area contributed by atoms with Crippen LogP contribution >= 0.6 is 0 Å². The van der Waals surface area contributed by atoms with Gasteiger partial charge >= 0.3 is 0 Å². The van der Waals surface area contributed by atoms with Gasteiger partial charge in [0.15, 0.2) is 12.1 Å². The van der Waals surface area contributed by atoms with E-state index in [4.69, 9.17) is 19.3 Å². The van der Waals surface area contributed by atoms with Crippen molar-refractivity contribution in [1.82, 2.24) is 0 Å². The zero-order valence-electron chi connectivity index (χ0n) is 7.64. The Morgan fingerprint density at radius 1 is 1.23 bits per heavy atom. The summed E-state index contributed by atoms with van der Waals surface area (Å²) >= 11 is 0. The van der Waals surface area contributed by atoms with E-state index in [-0.39, 0.29) is 12.7 Å². The second-order valence-electron chi connectivity index (χ2n) is 3.81. The van der Waals surface area contributed by atoms with Crippen molar-refractivity contribution < 1.29 is 24.4 Å². The molecule has 0 aliphatic carbocycles. The van der Waals surface area contributed by atoms with Crippen LogP contribution in [0.2, 0.25) is 0 Å². The summed E-state index contributed by atoms with van der Waals surface area (Å²) in [6.07, 6.45) is -2.33. The average molecular weight is 190 g/mol. The molecule has 2 rings (SSSR count). The molecule has 2 N–H and O–H groups in total. The first kappa shape index (κ1) is 9.36. The number of rotatable bonds is 1. The van der Waals surface area contributed by atoms with Crippen LogP contribution in [0.15, 0.2) is 0 Å². The van der Waals surface area contributed by atoms with Crippen LogP contribution in [-0.2, 0) is 14.2 Å².